The average Bonchev–Trinajstić information content (AvgIpc) is 2.75. The van der Waals surface area contributed by atoms with Crippen LogP contribution in [-0.2, 0) is 11.3 Å². The van der Waals surface area contributed by atoms with Crippen molar-refractivity contribution in [1.29, 1.82) is 0 Å². The number of rotatable bonds is 2. The Balaban J connectivity index is 1.79. The molecule has 116 valence electrons. The van der Waals surface area contributed by atoms with Crippen LogP contribution in [0, 0.1) is 5.92 Å². The molecule has 0 N–H and O–H groups in total. The van der Waals surface area contributed by atoms with Crippen molar-refractivity contribution in [2.75, 3.05) is 13.1 Å². The van der Waals surface area contributed by atoms with E-state index in [1.807, 2.05) is 11.0 Å². The van der Waals surface area contributed by atoms with Gasteiger partial charge in [-0.2, -0.15) is 0 Å². The zero-order chi connectivity index (χ0) is 15.5. The molecule has 0 radical (unpaired) electrons. The minimum absolute atomic E-state index is 0.0367. The summed E-state index contributed by atoms with van der Waals surface area (Å²) in [6.07, 6.45) is 3.19. The van der Waals surface area contributed by atoms with Crippen LogP contribution in [0.4, 0.5) is 0 Å². The number of hydrogen-bond acceptors (Lipinski definition) is 4. The van der Waals surface area contributed by atoms with E-state index >= 15 is 0 Å². The van der Waals surface area contributed by atoms with Gasteiger partial charge >= 0.3 is 0 Å². The number of carbonyl (C=O) groups is 1. The third kappa shape index (κ3) is 3.00. The van der Waals surface area contributed by atoms with E-state index in [0.29, 0.717) is 16.8 Å². The largest absolute Gasteiger partial charge is 0.341 e. The van der Waals surface area contributed by atoms with Crippen LogP contribution < -0.4 is 5.56 Å². The fourth-order valence-corrected chi connectivity index (χ4v) is 2.87. The Labute approximate surface area is 128 Å². The Morgan fingerprint density at radius 1 is 1.27 bits per heavy atom. The predicted molar refractivity (Wildman–Crippen MR) is 83.4 cm³/mol. The molecular formula is C16H20N4O2. The lowest BCUT2D eigenvalue weighted by Crippen LogP contribution is -2.38. The molecule has 1 fully saturated rings. The minimum Gasteiger partial charge on any atom is -0.341 e. The van der Waals surface area contributed by atoms with Gasteiger partial charge < -0.3 is 4.90 Å². The van der Waals surface area contributed by atoms with Crippen LogP contribution in [-0.4, -0.2) is 38.9 Å². The average molecular weight is 300 g/mol. The molecule has 1 aromatic carbocycles. The third-order valence-corrected chi connectivity index (χ3v) is 4.28. The number of carbonyl (C=O) groups excluding carboxylic acids is 1. The van der Waals surface area contributed by atoms with Crippen LogP contribution in [0.15, 0.2) is 29.1 Å². The van der Waals surface area contributed by atoms with Gasteiger partial charge in [0.2, 0.25) is 5.91 Å². The maximum atomic E-state index is 12.4. The van der Waals surface area contributed by atoms with Crippen LogP contribution in [0.5, 0.6) is 0 Å². The van der Waals surface area contributed by atoms with Gasteiger partial charge in [-0.1, -0.05) is 24.3 Å². The van der Waals surface area contributed by atoms with Gasteiger partial charge in [-0.3, -0.25) is 9.59 Å². The molecule has 1 unspecified atom stereocenters. The van der Waals surface area contributed by atoms with Crippen molar-refractivity contribution in [2.45, 2.75) is 32.7 Å². The van der Waals surface area contributed by atoms with E-state index in [0.717, 1.165) is 32.4 Å². The Morgan fingerprint density at radius 3 is 2.95 bits per heavy atom. The first-order valence-corrected chi connectivity index (χ1v) is 7.75. The SMILES string of the molecule is CC1CCCN(C(=O)Cn2nnc3ccccc3c2=O)CC1. The highest BCUT2D eigenvalue weighted by Crippen LogP contribution is 2.16. The highest BCUT2D eigenvalue weighted by Gasteiger charge is 2.19. The first-order chi connectivity index (χ1) is 10.6. The van der Waals surface area contributed by atoms with Crippen molar-refractivity contribution in [2.24, 2.45) is 5.92 Å². The topological polar surface area (TPSA) is 68.1 Å². The van der Waals surface area contributed by atoms with Gasteiger partial charge in [0, 0.05) is 13.1 Å². The van der Waals surface area contributed by atoms with E-state index in [1.54, 1.807) is 18.2 Å². The zero-order valence-corrected chi connectivity index (χ0v) is 12.7. The Bertz CT molecular complexity index is 740. The number of hydrogen-bond donors (Lipinski definition) is 0. The van der Waals surface area contributed by atoms with Crippen LogP contribution in [0.3, 0.4) is 0 Å². The van der Waals surface area contributed by atoms with E-state index in [4.69, 9.17) is 0 Å². The summed E-state index contributed by atoms with van der Waals surface area (Å²) in [6.45, 7) is 3.70. The first kappa shape index (κ1) is 14.7. The molecule has 0 saturated carbocycles. The minimum atomic E-state index is -0.262. The van der Waals surface area contributed by atoms with E-state index in [2.05, 4.69) is 17.2 Å². The second-order valence-electron chi connectivity index (χ2n) is 5.99. The van der Waals surface area contributed by atoms with Gasteiger partial charge in [0.25, 0.3) is 5.56 Å². The van der Waals surface area contributed by atoms with Gasteiger partial charge in [-0.15, -0.1) is 5.10 Å². The van der Waals surface area contributed by atoms with Crippen molar-refractivity contribution in [1.82, 2.24) is 19.9 Å². The summed E-state index contributed by atoms with van der Waals surface area (Å²) in [7, 11) is 0. The van der Waals surface area contributed by atoms with Gasteiger partial charge in [-0.25, -0.2) is 4.68 Å². The number of benzene rings is 1. The predicted octanol–water partition coefficient (Wildman–Crippen LogP) is 1.44. The van der Waals surface area contributed by atoms with Crippen molar-refractivity contribution in [3.63, 3.8) is 0 Å². The van der Waals surface area contributed by atoms with Gasteiger partial charge in [0.1, 0.15) is 12.1 Å². The molecule has 3 rings (SSSR count). The van der Waals surface area contributed by atoms with Gasteiger partial charge in [-0.05, 0) is 37.3 Å². The van der Waals surface area contributed by atoms with E-state index in [9.17, 15) is 9.59 Å². The van der Waals surface area contributed by atoms with Crippen LogP contribution in [0.2, 0.25) is 0 Å². The number of nitrogens with zero attached hydrogens (tertiary/aromatic N) is 4. The highest BCUT2D eigenvalue weighted by atomic mass is 16.2. The molecule has 1 aromatic heterocycles. The molecule has 1 aliphatic rings. The molecule has 1 saturated heterocycles. The van der Waals surface area contributed by atoms with Crippen molar-refractivity contribution >= 4 is 16.8 Å². The summed E-state index contributed by atoms with van der Waals surface area (Å²) in [4.78, 5) is 26.6. The molecule has 22 heavy (non-hydrogen) atoms. The monoisotopic (exact) mass is 300 g/mol. The number of fused-ring (bicyclic) bond motifs is 1. The smallest absolute Gasteiger partial charge is 0.278 e. The summed E-state index contributed by atoms with van der Waals surface area (Å²) in [5.41, 5.74) is 0.293. The molecule has 2 aromatic rings. The lowest BCUT2D eigenvalue weighted by atomic mass is 10.0. The molecular weight excluding hydrogens is 280 g/mol. The molecule has 1 aliphatic heterocycles. The van der Waals surface area contributed by atoms with Crippen molar-refractivity contribution in [3.8, 4) is 0 Å². The summed E-state index contributed by atoms with van der Waals surface area (Å²) in [6, 6.07) is 7.05. The zero-order valence-electron chi connectivity index (χ0n) is 12.7. The lowest BCUT2D eigenvalue weighted by molar-refractivity contribution is -0.132. The maximum absolute atomic E-state index is 12.4. The van der Waals surface area contributed by atoms with Crippen LogP contribution >= 0.6 is 0 Å². The van der Waals surface area contributed by atoms with Gasteiger partial charge in [0.15, 0.2) is 0 Å². The normalized spacial score (nSPS) is 19.1. The van der Waals surface area contributed by atoms with Crippen molar-refractivity contribution < 1.29 is 4.79 Å². The fourth-order valence-electron chi connectivity index (χ4n) is 2.87. The number of aromatic nitrogens is 3. The van der Waals surface area contributed by atoms with Crippen molar-refractivity contribution in [3.05, 3.63) is 34.6 Å². The molecule has 6 nitrogen and oxygen atoms in total. The molecule has 1 amide bonds. The summed E-state index contributed by atoms with van der Waals surface area (Å²) >= 11 is 0. The standard InChI is InChI=1S/C16H20N4O2/c1-12-5-4-9-19(10-8-12)15(21)11-20-16(22)13-6-2-3-7-14(13)17-18-20/h2-3,6-7,12H,4-5,8-11H2,1H3. The Hall–Kier alpha value is -2.24. The van der Waals surface area contributed by atoms with E-state index in [-0.39, 0.29) is 18.0 Å². The molecule has 0 bridgehead atoms. The quantitative estimate of drug-likeness (QED) is 0.841. The molecule has 0 aliphatic carbocycles. The molecule has 0 spiro atoms. The van der Waals surface area contributed by atoms with Gasteiger partial charge in [0.05, 0.1) is 5.39 Å². The molecule has 2 heterocycles. The van der Waals surface area contributed by atoms with Crippen LogP contribution in [0.1, 0.15) is 26.2 Å². The Kier molecular flexibility index (Phi) is 4.18. The second kappa shape index (κ2) is 6.25. The second-order valence-corrected chi connectivity index (χ2v) is 5.99. The Morgan fingerprint density at radius 2 is 2.09 bits per heavy atom. The number of likely N-dealkylation sites (tertiary alicyclic amines) is 1. The third-order valence-electron chi connectivity index (χ3n) is 4.28. The summed E-state index contributed by atoms with van der Waals surface area (Å²) in [5, 5.41) is 8.39. The summed E-state index contributed by atoms with van der Waals surface area (Å²) < 4.78 is 1.17. The van der Waals surface area contributed by atoms with E-state index < -0.39 is 0 Å². The first-order valence-electron chi connectivity index (χ1n) is 7.75. The van der Waals surface area contributed by atoms with Crippen LogP contribution in [0.25, 0.3) is 10.9 Å². The fraction of sp³-hybridized carbons (Fsp3) is 0.500. The summed E-state index contributed by atoms with van der Waals surface area (Å²) in [5.74, 6) is 0.599. The molecule has 1 atom stereocenters. The molecule has 6 heteroatoms. The number of amides is 1. The lowest BCUT2D eigenvalue weighted by Gasteiger charge is -2.20. The van der Waals surface area contributed by atoms with E-state index in [1.165, 1.54) is 4.68 Å². The maximum Gasteiger partial charge on any atom is 0.278 e. The highest BCUT2D eigenvalue weighted by molar-refractivity contribution is 5.78.